The third kappa shape index (κ3) is 4.59. The Balaban J connectivity index is 1.23. The van der Waals surface area contributed by atoms with Crippen molar-refractivity contribution in [1.29, 1.82) is 0 Å². The van der Waals surface area contributed by atoms with Gasteiger partial charge in [0, 0.05) is 31.1 Å². The van der Waals surface area contributed by atoms with Crippen LogP contribution in [0.3, 0.4) is 0 Å². The van der Waals surface area contributed by atoms with Crippen LogP contribution in [0.1, 0.15) is 31.2 Å². The lowest BCUT2D eigenvalue weighted by Crippen LogP contribution is -2.39. The fourth-order valence-corrected chi connectivity index (χ4v) is 3.50. The molecule has 152 valence electrons. The summed E-state index contributed by atoms with van der Waals surface area (Å²) < 4.78 is 24.8. The number of urea groups is 1. The number of carbonyl (C=O) groups is 2. The van der Waals surface area contributed by atoms with Crippen LogP contribution in [0.25, 0.3) is 0 Å². The first-order valence-electron chi connectivity index (χ1n) is 9.59. The molecule has 1 aliphatic carbocycles. The monoisotopic (exact) mass is 399 g/mol. The van der Waals surface area contributed by atoms with E-state index in [1.807, 2.05) is 0 Å². The summed E-state index contributed by atoms with van der Waals surface area (Å²) >= 11 is 0. The van der Waals surface area contributed by atoms with Crippen molar-refractivity contribution in [1.82, 2.24) is 10.6 Å². The number of rotatable bonds is 5. The molecule has 2 aromatic carbocycles. The number of hydrogen-bond acceptors (Lipinski definition) is 4. The molecule has 1 fully saturated rings. The number of ether oxygens (including phenoxy) is 2. The van der Waals surface area contributed by atoms with E-state index in [-0.39, 0.29) is 24.8 Å². The second kappa shape index (κ2) is 7.98. The summed E-state index contributed by atoms with van der Waals surface area (Å²) in [7, 11) is 0. The third-order valence-electron chi connectivity index (χ3n) is 4.96. The van der Waals surface area contributed by atoms with Crippen LogP contribution in [0.4, 0.5) is 14.9 Å². The van der Waals surface area contributed by atoms with E-state index in [1.54, 1.807) is 30.3 Å². The molecule has 7 nitrogen and oxygen atoms in total. The summed E-state index contributed by atoms with van der Waals surface area (Å²) in [6, 6.07) is 10.6. The maximum Gasteiger partial charge on any atom is 0.315 e. The van der Waals surface area contributed by atoms with Gasteiger partial charge >= 0.3 is 6.03 Å². The number of hydrogen-bond donors (Lipinski definition) is 3. The molecule has 8 heteroatoms. The van der Waals surface area contributed by atoms with Crippen LogP contribution in [-0.4, -0.2) is 24.3 Å². The van der Waals surface area contributed by atoms with E-state index in [0.717, 1.165) is 31.2 Å². The third-order valence-corrected chi connectivity index (χ3v) is 4.96. The van der Waals surface area contributed by atoms with Crippen molar-refractivity contribution in [3.05, 3.63) is 53.8 Å². The molecule has 1 spiro atoms. The number of carbonyl (C=O) groups excluding carboxylic acids is 2. The molecule has 2 aromatic rings. The number of fused-ring (bicyclic) bond motifs is 1. The number of anilines is 1. The molecule has 0 atom stereocenters. The Hall–Kier alpha value is -3.29. The van der Waals surface area contributed by atoms with Crippen LogP contribution in [0.15, 0.2) is 42.5 Å². The second-order valence-electron chi connectivity index (χ2n) is 7.19. The fraction of sp³-hybridized carbons (Fsp3) is 0.333. The predicted molar refractivity (Wildman–Crippen MR) is 104 cm³/mol. The van der Waals surface area contributed by atoms with Gasteiger partial charge in [-0.15, -0.1) is 0 Å². The van der Waals surface area contributed by atoms with Crippen molar-refractivity contribution < 1.29 is 23.5 Å². The Labute approximate surface area is 167 Å². The van der Waals surface area contributed by atoms with Crippen LogP contribution in [0.2, 0.25) is 0 Å². The number of amides is 3. The highest BCUT2D eigenvalue weighted by Gasteiger charge is 2.44. The standard InChI is InChI=1S/C21H22FN3O4/c22-15-5-3-14(4-6-15)12-23-20(27)24-13-19(26)25-16-7-8-17-18(11-16)29-21(28-17)9-1-2-10-21/h3-8,11H,1-2,9-10,12-13H2,(H,25,26)(H2,23,24,27). The van der Waals surface area contributed by atoms with E-state index in [0.29, 0.717) is 17.2 Å². The highest BCUT2D eigenvalue weighted by molar-refractivity contribution is 5.94. The molecule has 0 radical (unpaired) electrons. The van der Waals surface area contributed by atoms with Gasteiger partial charge in [-0.2, -0.15) is 0 Å². The molecule has 4 rings (SSSR count). The normalized spacial score (nSPS) is 15.9. The lowest BCUT2D eigenvalue weighted by Gasteiger charge is -2.21. The first kappa shape index (κ1) is 19.0. The van der Waals surface area contributed by atoms with Crippen molar-refractivity contribution in [3.63, 3.8) is 0 Å². The van der Waals surface area contributed by atoms with Gasteiger partial charge in [-0.1, -0.05) is 12.1 Å². The molecule has 3 N–H and O–H groups in total. The molecule has 0 unspecified atom stereocenters. The van der Waals surface area contributed by atoms with Crippen LogP contribution in [0, 0.1) is 5.82 Å². The molecular weight excluding hydrogens is 377 g/mol. The molecule has 29 heavy (non-hydrogen) atoms. The Kier molecular flexibility index (Phi) is 5.24. The van der Waals surface area contributed by atoms with Gasteiger partial charge in [0.2, 0.25) is 5.91 Å². The van der Waals surface area contributed by atoms with Crippen molar-refractivity contribution in [2.24, 2.45) is 0 Å². The summed E-state index contributed by atoms with van der Waals surface area (Å²) in [5.74, 6) is 0.0564. The minimum Gasteiger partial charge on any atom is -0.448 e. The van der Waals surface area contributed by atoms with Crippen molar-refractivity contribution >= 4 is 17.6 Å². The van der Waals surface area contributed by atoms with Gasteiger partial charge in [0.25, 0.3) is 5.79 Å². The van der Waals surface area contributed by atoms with Crippen LogP contribution < -0.4 is 25.4 Å². The molecule has 1 heterocycles. The zero-order valence-corrected chi connectivity index (χ0v) is 15.8. The lowest BCUT2D eigenvalue weighted by atomic mass is 10.2. The number of benzene rings is 2. The molecule has 0 saturated heterocycles. The topological polar surface area (TPSA) is 88.7 Å². The van der Waals surface area contributed by atoms with Crippen LogP contribution >= 0.6 is 0 Å². The van der Waals surface area contributed by atoms with E-state index in [2.05, 4.69) is 16.0 Å². The highest BCUT2D eigenvalue weighted by Crippen LogP contribution is 2.47. The lowest BCUT2D eigenvalue weighted by molar-refractivity contribution is -0.115. The van der Waals surface area contributed by atoms with E-state index in [4.69, 9.17) is 9.47 Å². The Bertz CT molecular complexity index is 911. The van der Waals surface area contributed by atoms with Gasteiger partial charge in [-0.3, -0.25) is 4.79 Å². The Morgan fingerprint density at radius 1 is 0.966 bits per heavy atom. The molecule has 0 aromatic heterocycles. The summed E-state index contributed by atoms with van der Waals surface area (Å²) in [5.41, 5.74) is 1.33. The summed E-state index contributed by atoms with van der Waals surface area (Å²) in [5, 5.41) is 7.82. The first-order chi connectivity index (χ1) is 14.0. The van der Waals surface area contributed by atoms with Gasteiger partial charge < -0.3 is 25.4 Å². The number of halogens is 1. The summed E-state index contributed by atoms with van der Waals surface area (Å²) in [6.07, 6.45) is 3.87. The molecular formula is C21H22FN3O4. The quantitative estimate of drug-likeness (QED) is 0.720. The second-order valence-corrected chi connectivity index (χ2v) is 7.19. The summed E-state index contributed by atoms with van der Waals surface area (Å²) in [4.78, 5) is 23.9. The van der Waals surface area contributed by atoms with Gasteiger partial charge in [-0.25, -0.2) is 9.18 Å². The maximum absolute atomic E-state index is 12.9. The largest absolute Gasteiger partial charge is 0.448 e. The molecule has 3 amide bonds. The fourth-order valence-electron chi connectivity index (χ4n) is 3.50. The van der Waals surface area contributed by atoms with E-state index < -0.39 is 11.8 Å². The molecule has 2 aliphatic rings. The predicted octanol–water partition coefficient (Wildman–Crippen LogP) is 3.31. The highest BCUT2D eigenvalue weighted by atomic mass is 19.1. The van der Waals surface area contributed by atoms with E-state index >= 15 is 0 Å². The van der Waals surface area contributed by atoms with E-state index in [1.165, 1.54) is 12.1 Å². The minimum atomic E-state index is -0.546. The minimum absolute atomic E-state index is 0.187. The smallest absolute Gasteiger partial charge is 0.315 e. The zero-order chi connectivity index (χ0) is 20.3. The maximum atomic E-state index is 12.9. The SMILES string of the molecule is O=C(CNC(=O)NCc1ccc(F)cc1)Nc1ccc2c(c1)OC1(CCCC1)O2. The van der Waals surface area contributed by atoms with Gasteiger partial charge in [0.1, 0.15) is 5.82 Å². The molecule has 0 bridgehead atoms. The van der Waals surface area contributed by atoms with Gasteiger partial charge in [0.15, 0.2) is 11.5 Å². The van der Waals surface area contributed by atoms with Crippen molar-refractivity contribution in [3.8, 4) is 11.5 Å². The van der Waals surface area contributed by atoms with Gasteiger partial charge in [-0.05, 0) is 42.7 Å². The van der Waals surface area contributed by atoms with E-state index in [9.17, 15) is 14.0 Å². The first-order valence-corrected chi connectivity index (χ1v) is 9.59. The molecule has 1 aliphatic heterocycles. The van der Waals surface area contributed by atoms with Crippen LogP contribution in [0.5, 0.6) is 11.5 Å². The van der Waals surface area contributed by atoms with Gasteiger partial charge in [0.05, 0.1) is 6.54 Å². The Morgan fingerprint density at radius 3 is 2.45 bits per heavy atom. The zero-order valence-electron chi connectivity index (χ0n) is 15.8. The van der Waals surface area contributed by atoms with Crippen molar-refractivity contribution in [2.45, 2.75) is 38.0 Å². The average molecular weight is 399 g/mol. The number of nitrogens with one attached hydrogen (secondary N) is 3. The Morgan fingerprint density at radius 2 is 1.69 bits per heavy atom. The van der Waals surface area contributed by atoms with Crippen LogP contribution in [-0.2, 0) is 11.3 Å². The van der Waals surface area contributed by atoms with Crippen molar-refractivity contribution in [2.75, 3.05) is 11.9 Å². The summed E-state index contributed by atoms with van der Waals surface area (Å²) in [6.45, 7) is 0.0469. The molecule has 1 saturated carbocycles. The average Bonchev–Trinajstić information content (AvgIpc) is 3.31.